The van der Waals surface area contributed by atoms with Gasteiger partial charge in [0.25, 0.3) is 0 Å². The second kappa shape index (κ2) is 5.23. The molecule has 3 nitrogen and oxygen atoms in total. The maximum atomic E-state index is 6.31. The Morgan fingerprint density at radius 3 is 2.79 bits per heavy atom. The number of hydrogen-bond acceptors (Lipinski definition) is 3. The third-order valence-electron chi connectivity index (χ3n) is 4.61. The first-order valence-electron chi connectivity index (χ1n) is 7.42. The molecule has 2 N–H and O–H groups in total. The molecule has 0 aromatic heterocycles. The molecule has 19 heavy (non-hydrogen) atoms. The van der Waals surface area contributed by atoms with Gasteiger partial charge in [0.2, 0.25) is 0 Å². The zero-order valence-corrected chi connectivity index (χ0v) is 11.9. The van der Waals surface area contributed by atoms with Crippen LogP contribution in [0.25, 0.3) is 0 Å². The van der Waals surface area contributed by atoms with Crippen LogP contribution < -0.4 is 5.73 Å². The number of ether oxygens (including phenoxy) is 1. The molecule has 1 aromatic rings. The quantitative estimate of drug-likeness (QED) is 0.888. The molecule has 4 unspecified atom stereocenters. The Labute approximate surface area is 115 Å². The lowest BCUT2D eigenvalue weighted by atomic mass is 10.0. The normalized spacial score (nSPS) is 35.3. The molecule has 3 heteroatoms. The monoisotopic (exact) mass is 260 g/mol. The minimum atomic E-state index is 0.192. The maximum absolute atomic E-state index is 6.31. The summed E-state index contributed by atoms with van der Waals surface area (Å²) in [5, 5.41) is 0. The van der Waals surface area contributed by atoms with Crippen LogP contribution in [0.3, 0.4) is 0 Å². The number of nitrogens with zero attached hydrogens (tertiary/aromatic N) is 1. The van der Waals surface area contributed by atoms with E-state index in [-0.39, 0.29) is 6.04 Å². The molecular formula is C16H24N2O. The first kappa shape index (κ1) is 13.1. The van der Waals surface area contributed by atoms with E-state index in [1.54, 1.807) is 0 Å². The van der Waals surface area contributed by atoms with Crippen LogP contribution in [-0.4, -0.2) is 30.2 Å². The number of fused-ring (bicyclic) bond motifs is 1. The average Bonchev–Trinajstić information content (AvgIpc) is 2.77. The Hall–Kier alpha value is -0.900. The Kier molecular flexibility index (Phi) is 3.61. The molecule has 1 heterocycles. The van der Waals surface area contributed by atoms with Crippen LogP contribution in [0.1, 0.15) is 49.9 Å². The van der Waals surface area contributed by atoms with Gasteiger partial charge >= 0.3 is 0 Å². The van der Waals surface area contributed by atoms with E-state index in [0.29, 0.717) is 18.2 Å². The third-order valence-corrected chi connectivity index (χ3v) is 4.61. The summed E-state index contributed by atoms with van der Waals surface area (Å²) in [4.78, 5) is 2.62. The lowest BCUT2D eigenvalue weighted by molar-refractivity contribution is -0.0735. The van der Waals surface area contributed by atoms with Gasteiger partial charge in [0.1, 0.15) is 0 Å². The Bertz CT molecular complexity index is 448. The summed E-state index contributed by atoms with van der Waals surface area (Å²) in [6.45, 7) is 6.28. The third kappa shape index (κ3) is 2.31. The van der Waals surface area contributed by atoms with Crippen molar-refractivity contribution in [2.24, 2.45) is 5.73 Å². The summed E-state index contributed by atoms with van der Waals surface area (Å²) < 4.78 is 5.81. The Balaban J connectivity index is 1.89. The summed E-state index contributed by atoms with van der Waals surface area (Å²) in [5.74, 6) is 0. The molecule has 0 bridgehead atoms. The average molecular weight is 260 g/mol. The van der Waals surface area contributed by atoms with Crippen molar-refractivity contribution >= 4 is 0 Å². The SMILES string of the molecule is CCC1COC(C)CN1C1CC(N)c2ccccc21. The van der Waals surface area contributed by atoms with Crippen molar-refractivity contribution in [2.45, 2.75) is 50.9 Å². The van der Waals surface area contributed by atoms with Gasteiger partial charge in [0.05, 0.1) is 12.7 Å². The van der Waals surface area contributed by atoms with Crippen LogP contribution in [-0.2, 0) is 4.74 Å². The van der Waals surface area contributed by atoms with Crippen molar-refractivity contribution in [1.82, 2.24) is 4.90 Å². The topological polar surface area (TPSA) is 38.5 Å². The highest BCUT2D eigenvalue weighted by molar-refractivity contribution is 5.37. The van der Waals surface area contributed by atoms with E-state index in [4.69, 9.17) is 10.5 Å². The minimum Gasteiger partial charge on any atom is -0.376 e. The molecule has 0 saturated carbocycles. The van der Waals surface area contributed by atoms with Crippen molar-refractivity contribution in [2.75, 3.05) is 13.2 Å². The van der Waals surface area contributed by atoms with Gasteiger partial charge in [-0.3, -0.25) is 4.90 Å². The molecule has 104 valence electrons. The molecule has 0 radical (unpaired) electrons. The van der Waals surface area contributed by atoms with Crippen molar-refractivity contribution in [3.8, 4) is 0 Å². The van der Waals surface area contributed by atoms with Crippen molar-refractivity contribution in [3.05, 3.63) is 35.4 Å². The Morgan fingerprint density at radius 1 is 1.32 bits per heavy atom. The van der Waals surface area contributed by atoms with Crippen molar-refractivity contribution in [3.63, 3.8) is 0 Å². The van der Waals surface area contributed by atoms with E-state index < -0.39 is 0 Å². The van der Waals surface area contributed by atoms with Crippen molar-refractivity contribution < 1.29 is 4.74 Å². The summed E-state index contributed by atoms with van der Waals surface area (Å²) in [5.41, 5.74) is 9.07. The molecule has 1 aromatic carbocycles. The standard InChI is InChI=1S/C16H24N2O/c1-3-12-10-19-11(2)9-18(12)16-8-15(17)13-6-4-5-7-14(13)16/h4-7,11-12,15-16H,3,8-10,17H2,1-2H3. The number of rotatable bonds is 2. The van der Waals surface area contributed by atoms with Gasteiger partial charge in [0, 0.05) is 24.7 Å². The summed E-state index contributed by atoms with van der Waals surface area (Å²) in [6.07, 6.45) is 2.51. The predicted octanol–water partition coefficient (Wildman–Crippen LogP) is 2.63. The lowest BCUT2D eigenvalue weighted by Crippen LogP contribution is -2.49. The first-order chi connectivity index (χ1) is 9.20. The second-order valence-electron chi connectivity index (χ2n) is 5.89. The van der Waals surface area contributed by atoms with Crippen LogP contribution in [0, 0.1) is 0 Å². The summed E-state index contributed by atoms with van der Waals surface area (Å²) >= 11 is 0. The molecule has 3 rings (SSSR count). The van der Waals surface area contributed by atoms with Gasteiger partial charge in [0.15, 0.2) is 0 Å². The molecule has 1 saturated heterocycles. The fourth-order valence-corrected chi connectivity index (χ4v) is 3.56. The van der Waals surface area contributed by atoms with Gasteiger partial charge in [-0.05, 0) is 30.9 Å². The van der Waals surface area contributed by atoms with Gasteiger partial charge < -0.3 is 10.5 Å². The zero-order valence-electron chi connectivity index (χ0n) is 11.9. The van der Waals surface area contributed by atoms with Crippen LogP contribution >= 0.6 is 0 Å². The maximum Gasteiger partial charge on any atom is 0.0675 e. The van der Waals surface area contributed by atoms with E-state index in [0.717, 1.165) is 26.0 Å². The van der Waals surface area contributed by atoms with Crippen LogP contribution in [0.5, 0.6) is 0 Å². The number of morpholine rings is 1. The van der Waals surface area contributed by atoms with Gasteiger partial charge in [-0.25, -0.2) is 0 Å². The molecule has 0 amide bonds. The van der Waals surface area contributed by atoms with E-state index in [9.17, 15) is 0 Å². The highest BCUT2D eigenvalue weighted by atomic mass is 16.5. The lowest BCUT2D eigenvalue weighted by Gasteiger charge is -2.42. The molecule has 1 aliphatic heterocycles. The summed E-state index contributed by atoms with van der Waals surface area (Å²) in [6, 6.07) is 9.86. The number of hydrogen-bond donors (Lipinski definition) is 1. The fourth-order valence-electron chi connectivity index (χ4n) is 3.56. The summed E-state index contributed by atoms with van der Waals surface area (Å²) in [7, 11) is 0. The van der Waals surface area contributed by atoms with E-state index in [1.165, 1.54) is 11.1 Å². The molecule has 0 spiro atoms. The number of nitrogens with two attached hydrogens (primary N) is 1. The predicted molar refractivity (Wildman–Crippen MR) is 76.9 cm³/mol. The van der Waals surface area contributed by atoms with Crippen LogP contribution in [0.4, 0.5) is 0 Å². The fraction of sp³-hybridized carbons (Fsp3) is 0.625. The van der Waals surface area contributed by atoms with Crippen LogP contribution in [0.2, 0.25) is 0 Å². The van der Waals surface area contributed by atoms with Crippen molar-refractivity contribution in [1.29, 1.82) is 0 Å². The highest BCUT2D eigenvalue weighted by Gasteiger charge is 2.37. The molecule has 4 atom stereocenters. The van der Waals surface area contributed by atoms with Crippen LogP contribution in [0.15, 0.2) is 24.3 Å². The van der Waals surface area contributed by atoms with E-state index in [1.807, 2.05) is 0 Å². The first-order valence-corrected chi connectivity index (χ1v) is 7.42. The molecule has 1 aliphatic carbocycles. The number of benzene rings is 1. The van der Waals surface area contributed by atoms with Gasteiger partial charge in [-0.1, -0.05) is 31.2 Å². The van der Waals surface area contributed by atoms with Gasteiger partial charge in [-0.15, -0.1) is 0 Å². The second-order valence-corrected chi connectivity index (χ2v) is 5.89. The minimum absolute atomic E-state index is 0.192. The van der Waals surface area contributed by atoms with E-state index in [2.05, 4.69) is 43.0 Å². The smallest absolute Gasteiger partial charge is 0.0675 e. The Morgan fingerprint density at radius 2 is 2.05 bits per heavy atom. The largest absolute Gasteiger partial charge is 0.376 e. The van der Waals surface area contributed by atoms with Gasteiger partial charge in [-0.2, -0.15) is 0 Å². The molecule has 1 fully saturated rings. The molecular weight excluding hydrogens is 236 g/mol. The zero-order chi connectivity index (χ0) is 13.4. The van der Waals surface area contributed by atoms with E-state index >= 15 is 0 Å². The molecule has 2 aliphatic rings. The highest BCUT2D eigenvalue weighted by Crippen LogP contribution is 2.42.